The number of carbonyl (C=O) groups excluding carboxylic acids is 1. The van der Waals surface area contributed by atoms with E-state index in [4.69, 9.17) is 0 Å². The first kappa shape index (κ1) is 17.5. The molecule has 0 bridgehead atoms. The molecule has 7 heteroatoms. The molecular weight excluding hydrogens is 343 g/mol. The molecule has 1 aromatic heterocycles. The number of amides is 1. The molecule has 0 saturated heterocycles. The molecule has 25 heavy (non-hydrogen) atoms. The quantitative estimate of drug-likeness (QED) is 0.859. The standard InChI is InChI=1S/C18H19FN2O3S/c1-10-15(11-6-8-12(19)9-7-11)20-18(25-10)21-16(22)13-4-2-3-5-14(13)17(23)24/h6-9,13-14H,2-5H2,1H3,(H,23,24)(H,20,21,22)/t13-,14+/m0/s1. The van der Waals surface area contributed by atoms with Crippen molar-refractivity contribution in [3.05, 3.63) is 35.0 Å². The average molecular weight is 362 g/mol. The number of carbonyl (C=O) groups is 2. The number of rotatable bonds is 4. The third-order valence-electron chi connectivity index (χ3n) is 4.56. The van der Waals surface area contributed by atoms with E-state index in [1.165, 1.54) is 23.5 Å². The Morgan fingerprint density at radius 3 is 2.48 bits per heavy atom. The van der Waals surface area contributed by atoms with E-state index < -0.39 is 17.8 Å². The lowest BCUT2D eigenvalue weighted by molar-refractivity contribution is -0.147. The van der Waals surface area contributed by atoms with Crippen LogP contribution >= 0.6 is 11.3 Å². The zero-order valence-corrected chi connectivity index (χ0v) is 14.6. The Balaban J connectivity index is 1.77. The van der Waals surface area contributed by atoms with E-state index in [0.717, 1.165) is 23.3 Å². The molecule has 0 spiro atoms. The number of nitrogens with zero attached hydrogens (tertiary/aromatic N) is 1. The first-order valence-electron chi connectivity index (χ1n) is 8.22. The van der Waals surface area contributed by atoms with Crippen molar-refractivity contribution in [2.45, 2.75) is 32.6 Å². The van der Waals surface area contributed by atoms with E-state index in [0.29, 0.717) is 23.7 Å². The molecule has 1 aliphatic rings. The maximum atomic E-state index is 13.1. The average Bonchev–Trinajstić information content (AvgIpc) is 2.95. The van der Waals surface area contributed by atoms with Gasteiger partial charge in [0.25, 0.3) is 0 Å². The Morgan fingerprint density at radius 2 is 1.84 bits per heavy atom. The Bertz CT molecular complexity index is 788. The van der Waals surface area contributed by atoms with Crippen LogP contribution in [0.1, 0.15) is 30.6 Å². The van der Waals surface area contributed by atoms with Gasteiger partial charge in [0.2, 0.25) is 5.91 Å². The summed E-state index contributed by atoms with van der Waals surface area (Å²) in [6, 6.07) is 6.02. The number of aromatic nitrogens is 1. The van der Waals surface area contributed by atoms with E-state index >= 15 is 0 Å². The molecule has 0 unspecified atom stereocenters. The van der Waals surface area contributed by atoms with Gasteiger partial charge in [0.05, 0.1) is 17.5 Å². The summed E-state index contributed by atoms with van der Waals surface area (Å²) in [6.45, 7) is 1.88. The minimum Gasteiger partial charge on any atom is -0.481 e. The number of carboxylic acids is 1. The van der Waals surface area contributed by atoms with E-state index in [1.807, 2.05) is 6.92 Å². The lowest BCUT2D eigenvalue weighted by Crippen LogP contribution is -2.36. The molecule has 0 aliphatic heterocycles. The lowest BCUT2D eigenvalue weighted by Gasteiger charge is -2.26. The highest BCUT2D eigenvalue weighted by Crippen LogP contribution is 2.34. The van der Waals surface area contributed by atoms with Crippen molar-refractivity contribution in [2.24, 2.45) is 11.8 Å². The fourth-order valence-corrected chi connectivity index (χ4v) is 4.10. The zero-order valence-electron chi connectivity index (χ0n) is 13.8. The predicted octanol–water partition coefficient (Wildman–Crippen LogP) is 4.09. The van der Waals surface area contributed by atoms with Gasteiger partial charge in [-0.05, 0) is 44.0 Å². The van der Waals surface area contributed by atoms with Gasteiger partial charge < -0.3 is 10.4 Å². The van der Waals surface area contributed by atoms with Crippen molar-refractivity contribution in [2.75, 3.05) is 5.32 Å². The third kappa shape index (κ3) is 3.87. The molecule has 1 aromatic carbocycles. The third-order valence-corrected chi connectivity index (χ3v) is 5.45. The van der Waals surface area contributed by atoms with Crippen LogP contribution in [0.5, 0.6) is 0 Å². The number of hydrogen-bond acceptors (Lipinski definition) is 4. The first-order valence-corrected chi connectivity index (χ1v) is 9.04. The molecule has 1 saturated carbocycles. The molecule has 1 fully saturated rings. The van der Waals surface area contributed by atoms with Crippen molar-refractivity contribution >= 4 is 28.3 Å². The van der Waals surface area contributed by atoms with Gasteiger partial charge in [0.15, 0.2) is 5.13 Å². The van der Waals surface area contributed by atoms with Crippen LogP contribution in [-0.4, -0.2) is 22.0 Å². The molecule has 1 amide bonds. The topological polar surface area (TPSA) is 79.3 Å². The van der Waals surface area contributed by atoms with Crippen LogP contribution in [0.3, 0.4) is 0 Å². The van der Waals surface area contributed by atoms with Gasteiger partial charge in [0, 0.05) is 10.4 Å². The highest BCUT2D eigenvalue weighted by Gasteiger charge is 2.36. The molecule has 0 radical (unpaired) electrons. The molecule has 2 aromatic rings. The SMILES string of the molecule is Cc1sc(NC(=O)[C@H]2CCCC[C@H]2C(=O)O)nc1-c1ccc(F)cc1. The Kier molecular flexibility index (Phi) is 5.13. The number of aliphatic carboxylic acids is 1. The Hall–Kier alpha value is -2.28. The summed E-state index contributed by atoms with van der Waals surface area (Å²) in [4.78, 5) is 29.2. The van der Waals surface area contributed by atoms with E-state index in [1.54, 1.807) is 12.1 Å². The van der Waals surface area contributed by atoms with Crippen LogP contribution in [0.15, 0.2) is 24.3 Å². The molecule has 1 aliphatic carbocycles. The number of benzene rings is 1. The van der Waals surface area contributed by atoms with Crippen molar-refractivity contribution in [1.29, 1.82) is 0 Å². The number of halogens is 1. The van der Waals surface area contributed by atoms with Gasteiger partial charge in [-0.2, -0.15) is 0 Å². The van der Waals surface area contributed by atoms with Crippen LogP contribution in [0, 0.1) is 24.6 Å². The minimum absolute atomic E-state index is 0.286. The number of aryl methyl sites for hydroxylation is 1. The summed E-state index contributed by atoms with van der Waals surface area (Å²) in [5, 5.41) is 12.5. The Morgan fingerprint density at radius 1 is 1.20 bits per heavy atom. The fourth-order valence-electron chi connectivity index (χ4n) is 3.26. The van der Waals surface area contributed by atoms with Gasteiger partial charge in [0.1, 0.15) is 5.82 Å². The smallest absolute Gasteiger partial charge is 0.307 e. The van der Waals surface area contributed by atoms with Gasteiger partial charge in [-0.15, -0.1) is 11.3 Å². The molecule has 5 nitrogen and oxygen atoms in total. The van der Waals surface area contributed by atoms with Crippen LogP contribution in [-0.2, 0) is 9.59 Å². The number of nitrogens with one attached hydrogen (secondary N) is 1. The normalized spacial score (nSPS) is 20.2. The molecule has 132 valence electrons. The second-order valence-corrected chi connectivity index (χ2v) is 7.46. The van der Waals surface area contributed by atoms with Crippen molar-refractivity contribution in [3.8, 4) is 11.3 Å². The van der Waals surface area contributed by atoms with Crippen LogP contribution in [0.2, 0.25) is 0 Å². The molecule has 2 atom stereocenters. The number of carboxylic acid groups (broad SMARTS) is 1. The second-order valence-electron chi connectivity index (χ2n) is 6.26. The van der Waals surface area contributed by atoms with Crippen molar-refractivity contribution in [1.82, 2.24) is 4.98 Å². The Labute approximate surface area is 148 Å². The highest BCUT2D eigenvalue weighted by molar-refractivity contribution is 7.16. The number of thiazole rings is 1. The largest absolute Gasteiger partial charge is 0.481 e. The van der Waals surface area contributed by atoms with E-state index in [-0.39, 0.29) is 11.7 Å². The lowest BCUT2D eigenvalue weighted by atomic mass is 9.79. The maximum absolute atomic E-state index is 13.1. The first-order chi connectivity index (χ1) is 12.0. The summed E-state index contributed by atoms with van der Waals surface area (Å²) in [7, 11) is 0. The van der Waals surface area contributed by atoms with Crippen molar-refractivity contribution in [3.63, 3.8) is 0 Å². The summed E-state index contributed by atoms with van der Waals surface area (Å²) < 4.78 is 13.1. The predicted molar refractivity (Wildman–Crippen MR) is 94.0 cm³/mol. The van der Waals surface area contributed by atoms with Crippen LogP contribution in [0.25, 0.3) is 11.3 Å². The van der Waals surface area contributed by atoms with E-state index in [9.17, 15) is 19.1 Å². The highest BCUT2D eigenvalue weighted by atomic mass is 32.1. The zero-order chi connectivity index (χ0) is 18.0. The number of hydrogen-bond donors (Lipinski definition) is 2. The minimum atomic E-state index is -0.915. The molecule has 3 rings (SSSR count). The van der Waals surface area contributed by atoms with Gasteiger partial charge in [-0.1, -0.05) is 12.8 Å². The summed E-state index contributed by atoms with van der Waals surface area (Å²) >= 11 is 1.33. The van der Waals surface area contributed by atoms with Crippen LogP contribution in [0.4, 0.5) is 9.52 Å². The summed E-state index contributed by atoms with van der Waals surface area (Å²) in [5.74, 6) is -2.67. The van der Waals surface area contributed by atoms with Gasteiger partial charge in [-0.3, -0.25) is 9.59 Å². The molecular formula is C18H19FN2O3S. The summed E-state index contributed by atoms with van der Waals surface area (Å²) in [6.07, 6.45) is 2.81. The maximum Gasteiger partial charge on any atom is 0.307 e. The van der Waals surface area contributed by atoms with E-state index in [2.05, 4.69) is 10.3 Å². The van der Waals surface area contributed by atoms with Gasteiger partial charge >= 0.3 is 5.97 Å². The number of anilines is 1. The monoisotopic (exact) mass is 362 g/mol. The van der Waals surface area contributed by atoms with Crippen LogP contribution < -0.4 is 5.32 Å². The second kappa shape index (κ2) is 7.31. The summed E-state index contributed by atoms with van der Waals surface area (Å²) in [5.41, 5.74) is 1.47. The molecule has 2 N–H and O–H groups in total. The fraction of sp³-hybridized carbons (Fsp3) is 0.389. The van der Waals surface area contributed by atoms with Crippen molar-refractivity contribution < 1.29 is 19.1 Å². The van der Waals surface area contributed by atoms with Gasteiger partial charge in [-0.25, -0.2) is 9.37 Å². The molecule has 1 heterocycles.